The summed E-state index contributed by atoms with van der Waals surface area (Å²) in [4.78, 5) is 21.2. The topological polar surface area (TPSA) is 101 Å². The molecule has 0 aliphatic carbocycles. The molecule has 31 heavy (non-hydrogen) atoms. The van der Waals surface area contributed by atoms with Crippen molar-refractivity contribution in [3.8, 4) is 11.4 Å². The van der Waals surface area contributed by atoms with Crippen molar-refractivity contribution in [2.75, 3.05) is 10.0 Å². The van der Waals surface area contributed by atoms with E-state index in [0.717, 1.165) is 5.56 Å². The standard InChI is InChI=1S/C23H18N4O3S/c28-23(26-20-15-24-22(25-16-20)17-7-3-1-4-8-17)18-11-13-19(14-12-18)27-31(29,30)21-9-5-2-6-10-21/h1-16,27H,(H,26,28). The van der Waals surface area contributed by atoms with E-state index in [9.17, 15) is 13.2 Å². The van der Waals surface area contributed by atoms with Gasteiger partial charge in [0.25, 0.3) is 15.9 Å². The molecule has 0 aliphatic rings. The van der Waals surface area contributed by atoms with E-state index < -0.39 is 10.0 Å². The van der Waals surface area contributed by atoms with Crippen molar-refractivity contribution < 1.29 is 13.2 Å². The molecule has 0 aliphatic heterocycles. The largest absolute Gasteiger partial charge is 0.319 e. The van der Waals surface area contributed by atoms with Gasteiger partial charge >= 0.3 is 0 Å². The number of nitrogens with one attached hydrogen (secondary N) is 2. The maximum atomic E-state index is 12.5. The number of carbonyl (C=O) groups is 1. The fourth-order valence-electron chi connectivity index (χ4n) is 2.84. The SMILES string of the molecule is O=C(Nc1cnc(-c2ccccc2)nc1)c1ccc(NS(=O)(=O)c2ccccc2)cc1. The van der Waals surface area contributed by atoms with Gasteiger partial charge in [-0.15, -0.1) is 0 Å². The predicted octanol–water partition coefficient (Wildman–Crippen LogP) is 4.20. The van der Waals surface area contributed by atoms with Crippen molar-refractivity contribution in [2.24, 2.45) is 0 Å². The summed E-state index contributed by atoms with van der Waals surface area (Å²) in [6.45, 7) is 0. The van der Waals surface area contributed by atoms with Crippen LogP contribution in [0.2, 0.25) is 0 Å². The second-order valence-corrected chi connectivity index (χ2v) is 8.29. The Bertz CT molecular complexity index is 1280. The van der Waals surface area contributed by atoms with Crippen LogP contribution in [0.15, 0.2) is 102 Å². The maximum absolute atomic E-state index is 12.5. The van der Waals surface area contributed by atoms with E-state index in [2.05, 4.69) is 20.0 Å². The zero-order valence-corrected chi connectivity index (χ0v) is 17.1. The molecule has 4 rings (SSSR count). The fourth-order valence-corrected chi connectivity index (χ4v) is 3.92. The van der Waals surface area contributed by atoms with Gasteiger partial charge in [-0.3, -0.25) is 9.52 Å². The van der Waals surface area contributed by atoms with Gasteiger partial charge in [0, 0.05) is 16.8 Å². The molecule has 0 saturated carbocycles. The van der Waals surface area contributed by atoms with Crippen LogP contribution in [-0.2, 0) is 10.0 Å². The summed E-state index contributed by atoms with van der Waals surface area (Å²) < 4.78 is 27.3. The first-order valence-corrected chi connectivity index (χ1v) is 10.9. The fraction of sp³-hybridized carbons (Fsp3) is 0. The third kappa shape index (κ3) is 4.93. The number of anilines is 2. The normalized spacial score (nSPS) is 11.0. The quantitative estimate of drug-likeness (QED) is 0.477. The Balaban J connectivity index is 1.42. The minimum atomic E-state index is -3.69. The van der Waals surface area contributed by atoms with Gasteiger partial charge in [-0.1, -0.05) is 48.5 Å². The van der Waals surface area contributed by atoms with Gasteiger partial charge in [0.2, 0.25) is 0 Å². The molecule has 1 amide bonds. The van der Waals surface area contributed by atoms with E-state index in [0.29, 0.717) is 22.8 Å². The molecule has 2 N–H and O–H groups in total. The maximum Gasteiger partial charge on any atom is 0.261 e. The second-order valence-electron chi connectivity index (χ2n) is 6.61. The lowest BCUT2D eigenvalue weighted by Crippen LogP contribution is -2.14. The first kappa shape index (κ1) is 20.2. The van der Waals surface area contributed by atoms with Crippen LogP contribution in [0.4, 0.5) is 11.4 Å². The molecular formula is C23H18N4O3S. The highest BCUT2D eigenvalue weighted by atomic mass is 32.2. The Labute approximate surface area is 179 Å². The van der Waals surface area contributed by atoms with Crippen LogP contribution < -0.4 is 10.0 Å². The Morgan fingerprint density at radius 1 is 0.710 bits per heavy atom. The van der Waals surface area contributed by atoms with Gasteiger partial charge in [-0.25, -0.2) is 18.4 Å². The Morgan fingerprint density at radius 3 is 1.90 bits per heavy atom. The molecule has 0 spiro atoms. The van der Waals surface area contributed by atoms with Crippen molar-refractivity contribution >= 4 is 27.3 Å². The van der Waals surface area contributed by atoms with Gasteiger partial charge in [0.05, 0.1) is 23.0 Å². The van der Waals surface area contributed by atoms with Gasteiger partial charge in [-0.2, -0.15) is 0 Å². The molecule has 1 aromatic heterocycles. The average molecular weight is 430 g/mol. The molecule has 1 heterocycles. The number of hydrogen-bond donors (Lipinski definition) is 2. The van der Waals surface area contributed by atoms with E-state index >= 15 is 0 Å². The minimum Gasteiger partial charge on any atom is -0.319 e. The number of rotatable bonds is 6. The monoisotopic (exact) mass is 430 g/mol. The lowest BCUT2D eigenvalue weighted by Gasteiger charge is -2.09. The zero-order chi connectivity index (χ0) is 21.7. The van der Waals surface area contributed by atoms with Crippen LogP contribution in [0.3, 0.4) is 0 Å². The molecule has 0 bridgehead atoms. The van der Waals surface area contributed by atoms with Crippen LogP contribution in [0.25, 0.3) is 11.4 Å². The molecule has 0 atom stereocenters. The second kappa shape index (κ2) is 8.76. The number of sulfonamides is 1. The zero-order valence-electron chi connectivity index (χ0n) is 16.3. The minimum absolute atomic E-state index is 0.163. The van der Waals surface area contributed by atoms with Gasteiger partial charge in [0.15, 0.2) is 5.82 Å². The summed E-state index contributed by atoms with van der Waals surface area (Å²) >= 11 is 0. The molecule has 0 radical (unpaired) electrons. The smallest absolute Gasteiger partial charge is 0.261 e. The number of carbonyl (C=O) groups excluding carboxylic acids is 1. The molecule has 0 unspecified atom stereocenters. The lowest BCUT2D eigenvalue weighted by atomic mass is 10.2. The van der Waals surface area contributed by atoms with Gasteiger partial charge in [-0.05, 0) is 36.4 Å². The number of benzene rings is 3. The molecule has 4 aromatic rings. The van der Waals surface area contributed by atoms with Gasteiger partial charge < -0.3 is 5.32 Å². The van der Waals surface area contributed by atoms with E-state index in [4.69, 9.17) is 0 Å². The molecule has 8 heteroatoms. The summed E-state index contributed by atoms with van der Waals surface area (Å²) in [6, 6.07) is 23.7. The number of hydrogen-bond acceptors (Lipinski definition) is 5. The van der Waals surface area contributed by atoms with E-state index in [1.165, 1.54) is 48.8 Å². The van der Waals surface area contributed by atoms with E-state index in [1.54, 1.807) is 18.2 Å². The lowest BCUT2D eigenvalue weighted by molar-refractivity contribution is 0.102. The third-order valence-electron chi connectivity index (χ3n) is 4.39. The highest BCUT2D eigenvalue weighted by Gasteiger charge is 2.14. The van der Waals surface area contributed by atoms with Crippen LogP contribution in [0.5, 0.6) is 0 Å². The molecule has 154 valence electrons. The van der Waals surface area contributed by atoms with E-state index in [-0.39, 0.29) is 10.8 Å². The van der Waals surface area contributed by atoms with Crippen molar-refractivity contribution in [2.45, 2.75) is 4.90 Å². The first-order valence-electron chi connectivity index (χ1n) is 9.38. The molecule has 3 aromatic carbocycles. The summed E-state index contributed by atoms with van der Waals surface area (Å²) in [5, 5.41) is 2.73. The number of amides is 1. The van der Waals surface area contributed by atoms with Crippen LogP contribution in [0, 0.1) is 0 Å². The molecular weight excluding hydrogens is 412 g/mol. The molecule has 0 fully saturated rings. The Hall–Kier alpha value is -4.04. The highest BCUT2D eigenvalue weighted by molar-refractivity contribution is 7.92. The van der Waals surface area contributed by atoms with Crippen molar-refractivity contribution in [3.05, 3.63) is 103 Å². The summed E-state index contributed by atoms with van der Waals surface area (Å²) in [6.07, 6.45) is 3.07. The number of nitrogens with zero attached hydrogens (tertiary/aromatic N) is 2. The molecule has 7 nitrogen and oxygen atoms in total. The third-order valence-corrected chi connectivity index (χ3v) is 5.79. The first-order chi connectivity index (χ1) is 15.0. The average Bonchev–Trinajstić information content (AvgIpc) is 2.81. The Kier molecular flexibility index (Phi) is 5.72. The highest BCUT2D eigenvalue weighted by Crippen LogP contribution is 2.18. The summed E-state index contributed by atoms with van der Waals surface area (Å²) in [7, 11) is -3.69. The van der Waals surface area contributed by atoms with Gasteiger partial charge in [0.1, 0.15) is 0 Å². The van der Waals surface area contributed by atoms with E-state index in [1.807, 2.05) is 30.3 Å². The van der Waals surface area contributed by atoms with Crippen molar-refractivity contribution in [1.29, 1.82) is 0 Å². The Morgan fingerprint density at radius 2 is 1.29 bits per heavy atom. The summed E-state index contributed by atoms with van der Waals surface area (Å²) in [5.74, 6) is 0.210. The van der Waals surface area contributed by atoms with Crippen LogP contribution >= 0.6 is 0 Å². The number of aromatic nitrogens is 2. The van der Waals surface area contributed by atoms with Crippen molar-refractivity contribution in [1.82, 2.24) is 9.97 Å². The van der Waals surface area contributed by atoms with Crippen LogP contribution in [0.1, 0.15) is 10.4 Å². The van der Waals surface area contributed by atoms with Crippen LogP contribution in [-0.4, -0.2) is 24.3 Å². The molecule has 0 saturated heterocycles. The van der Waals surface area contributed by atoms with Crippen molar-refractivity contribution in [3.63, 3.8) is 0 Å². The predicted molar refractivity (Wildman–Crippen MR) is 119 cm³/mol. The summed E-state index contributed by atoms with van der Waals surface area (Å²) in [5.41, 5.74) is 2.07.